The highest BCUT2D eigenvalue weighted by molar-refractivity contribution is 6.00. The summed E-state index contributed by atoms with van der Waals surface area (Å²) in [6.07, 6.45) is 0.909. The van der Waals surface area contributed by atoms with Crippen molar-refractivity contribution in [2.24, 2.45) is 0 Å². The van der Waals surface area contributed by atoms with Gasteiger partial charge in [0.1, 0.15) is 0 Å². The van der Waals surface area contributed by atoms with Gasteiger partial charge in [-0.3, -0.25) is 0 Å². The van der Waals surface area contributed by atoms with Crippen LogP contribution in [0.5, 0.6) is 0 Å². The van der Waals surface area contributed by atoms with Crippen LogP contribution in [-0.2, 0) is 11.2 Å². The largest absolute Gasteiger partial charge is 0.462 e. The average molecular weight is 312 g/mol. The highest BCUT2D eigenvalue weighted by Gasteiger charge is 2.07. The average Bonchev–Trinajstić information content (AvgIpc) is 2.55. The van der Waals surface area contributed by atoms with Crippen LogP contribution in [0.15, 0.2) is 48.5 Å². The van der Waals surface area contributed by atoms with Crippen molar-refractivity contribution in [2.75, 3.05) is 17.2 Å². The Labute approximate surface area is 135 Å². The first-order valence-electron chi connectivity index (χ1n) is 7.56. The van der Waals surface area contributed by atoms with Crippen LogP contribution >= 0.6 is 0 Å². The normalized spacial score (nSPS) is 10.0. The summed E-state index contributed by atoms with van der Waals surface area (Å²) in [6, 6.07) is 13.9. The van der Waals surface area contributed by atoms with Crippen molar-refractivity contribution in [3.05, 3.63) is 59.7 Å². The number of carbonyl (C=O) groups excluding carboxylic acids is 2. The summed E-state index contributed by atoms with van der Waals surface area (Å²) in [5.41, 5.74) is 2.95. The molecule has 0 spiro atoms. The molecule has 2 aromatic carbocycles. The Morgan fingerprint density at radius 2 is 1.65 bits per heavy atom. The maximum absolute atomic E-state index is 12.0. The molecule has 0 aliphatic rings. The Bertz CT molecular complexity index is 681. The molecule has 2 N–H and O–H groups in total. The van der Waals surface area contributed by atoms with Gasteiger partial charge in [0, 0.05) is 11.4 Å². The van der Waals surface area contributed by atoms with E-state index in [4.69, 9.17) is 4.74 Å². The van der Waals surface area contributed by atoms with Crippen molar-refractivity contribution in [3.63, 3.8) is 0 Å². The van der Waals surface area contributed by atoms with Gasteiger partial charge < -0.3 is 15.4 Å². The molecule has 2 amide bonds. The summed E-state index contributed by atoms with van der Waals surface area (Å²) in [5.74, 6) is -0.375. The number of hydrogen-bond acceptors (Lipinski definition) is 3. The van der Waals surface area contributed by atoms with Crippen molar-refractivity contribution in [2.45, 2.75) is 20.3 Å². The van der Waals surface area contributed by atoms with Crippen molar-refractivity contribution >= 4 is 23.4 Å². The lowest BCUT2D eigenvalue weighted by Crippen LogP contribution is -2.19. The molecule has 0 atom stereocenters. The highest BCUT2D eigenvalue weighted by atomic mass is 16.5. The van der Waals surface area contributed by atoms with Crippen molar-refractivity contribution in [1.82, 2.24) is 0 Å². The van der Waals surface area contributed by atoms with Gasteiger partial charge in [0.05, 0.1) is 12.2 Å². The van der Waals surface area contributed by atoms with Crippen LogP contribution in [0, 0.1) is 0 Å². The van der Waals surface area contributed by atoms with Crippen LogP contribution in [0.1, 0.15) is 29.8 Å². The predicted octanol–water partition coefficient (Wildman–Crippen LogP) is 4.07. The molecule has 5 heteroatoms. The Morgan fingerprint density at radius 1 is 0.957 bits per heavy atom. The fourth-order valence-corrected chi connectivity index (χ4v) is 2.07. The summed E-state index contributed by atoms with van der Waals surface area (Å²) in [6.45, 7) is 4.15. The minimum atomic E-state index is -0.375. The Balaban J connectivity index is 1.96. The van der Waals surface area contributed by atoms with E-state index in [0.29, 0.717) is 17.9 Å². The third-order valence-electron chi connectivity index (χ3n) is 3.25. The van der Waals surface area contributed by atoms with Gasteiger partial charge in [0.15, 0.2) is 0 Å². The summed E-state index contributed by atoms with van der Waals surface area (Å²) < 4.78 is 4.91. The fourth-order valence-electron chi connectivity index (χ4n) is 2.07. The zero-order valence-corrected chi connectivity index (χ0v) is 13.3. The van der Waals surface area contributed by atoms with Gasteiger partial charge in [0.2, 0.25) is 0 Å². The molecule has 0 saturated carbocycles. The Kier molecular flexibility index (Phi) is 5.74. The third kappa shape index (κ3) is 4.85. The molecule has 0 saturated heterocycles. The predicted molar refractivity (Wildman–Crippen MR) is 90.9 cm³/mol. The molecule has 0 bridgehead atoms. The summed E-state index contributed by atoms with van der Waals surface area (Å²) >= 11 is 0. The molecule has 2 aromatic rings. The lowest BCUT2D eigenvalue weighted by Gasteiger charge is -2.09. The molecule has 0 unspecified atom stereocenters. The monoisotopic (exact) mass is 312 g/mol. The van der Waals surface area contributed by atoms with Crippen LogP contribution in [-0.4, -0.2) is 18.6 Å². The van der Waals surface area contributed by atoms with E-state index in [2.05, 4.69) is 17.6 Å². The van der Waals surface area contributed by atoms with Gasteiger partial charge in [-0.25, -0.2) is 9.59 Å². The number of nitrogens with one attached hydrogen (secondary N) is 2. The number of ether oxygens (including phenoxy) is 1. The van der Waals surface area contributed by atoms with Gasteiger partial charge in [-0.1, -0.05) is 19.1 Å². The molecule has 0 radical (unpaired) electrons. The van der Waals surface area contributed by atoms with Crippen molar-refractivity contribution < 1.29 is 14.3 Å². The molecule has 5 nitrogen and oxygen atoms in total. The number of anilines is 2. The Hall–Kier alpha value is -2.82. The van der Waals surface area contributed by atoms with E-state index >= 15 is 0 Å². The Morgan fingerprint density at radius 3 is 2.30 bits per heavy atom. The second-order valence-corrected chi connectivity index (χ2v) is 4.93. The van der Waals surface area contributed by atoms with Gasteiger partial charge in [-0.2, -0.15) is 0 Å². The molecule has 0 heterocycles. The molecule has 23 heavy (non-hydrogen) atoms. The van der Waals surface area contributed by atoms with Crippen molar-refractivity contribution in [3.8, 4) is 0 Å². The van der Waals surface area contributed by atoms with Gasteiger partial charge in [-0.05, 0) is 55.3 Å². The van der Waals surface area contributed by atoms with Crippen LogP contribution in [0.25, 0.3) is 0 Å². The van der Waals surface area contributed by atoms with Crippen LogP contribution in [0.3, 0.4) is 0 Å². The number of carbonyl (C=O) groups is 2. The second kappa shape index (κ2) is 7.98. The van der Waals surface area contributed by atoms with E-state index in [0.717, 1.165) is 17.7 Å². The van der Waals surface area contributed by atoms with Gasteiger partial charge >= 0.3 is 12.0 Å². The van der Waals surface area contributed by atoms with Gasteiger partial charge in [-0.15, -0.1) is 0 Å². The maximum atomic E-state index is 12.0. The standard InChI is InChI=1S/C18H20N2O3/c1-3-13-6-5-7-16(12-13)20-18(22)19-15-10-8-14(9-11-15)17(21)23-4-2/h5-12H,3-4H2,1-2H3,(H2,19,20,22). The van der Waals surface area contributed by atoms with E-state index < -0.39 is 0 Å². The number of hydrogen-bond donors (Lipinski definition) is 2. The number of esters is 1. The molecule has 0 aliphatic heterocycles. The van der Waals surface area contributed by atoms with Gasteiger partial charge in [0.25, 0.3) is 0 Å². The minimum absolute atomic E-state index is 0.331. The van der Waals surface area contributed by atoms with E-state index in [1.165, 1.54) is 0 Å². The SMILES string of the molecule is CCOC(=O)c1ccc(NC(=O)Nc2cccc(CC)c2)cc1. The first-order chi connectivity index (χ1) is 11.1. The summed E-state index contributed by atoms with van der Waals surface area (Å²) in [4.78, 5) is 23.5. The fraction of sp³-hybridized carbons (Fsp3) is 0.222. The zero-order valence-electron chi connectivity index (χ0n) is 13.3. The topological polar surface area (TPSA) is 67.4 Å². The van der Waals surface area contributed by atoms with Crippen LogP contribution in [0.4, 0.5) is 16.2 Å². The first kappa shape index (κ1) is 16.5. The molecule has 0 fully saturated rings. The minimum Gasteiger partial charge on any atom is -0.462 e. The highest BCUT2D eigenvalue weighted by Crippen LogP contribution is 2.13. The summed E-state index contributed by atoms with van der Waals surface area (Å²) in [5, 5.41) is 5.50. The smallest absolute Gasteiger partial charge is 0.338 e. The lowest BCUT2D eigenvalue weighted by molar-refractivity contribution is 0.0526. The number of benzene rings is 2. The molecular formula is C18H20N2O3. The van der Waals surface area contributed by atoms with Crippen molar-refractivity contribution in [1.29, 1.82) is 0 Å². The molecule has 0 aliphatic carbocycles. The number of urea groups is 1. The number of aryl methyl sites for hydroxylation is 1. The molecular weight excluding hydrogens is 292 g/mol. The van der Waals surface area contributed by atoms with E-state index in [9.17, 15) is 9.59 Å². The maximum Gasteiger partial charge on any atom is 0.338 e. The van der Waals surface area contributed by atoms with Crippen LogP contribution < -0.4 is 10.6 Å². The molecule has 0 aromatic heterocycles. The number of amides is 2. The van der Waals surface area contributed by atoms with E-state index in [-0.39, 0.29) is 12.0 Å². The van der Waals surface area contributed by atoms with E-state index in [1.54, 1.807) is 31.2 Å². The molecule has 2 rings (SSSR count). The summed E-state index contributed by atoms with van der Waals surface area (Å²) in [7, 11) is 0. The van der Waals surface area contributed by atoms with Crippen LogP contribution in [0.2, 0.25) is 0 Å². The second-order valence-electron chi connectivity index (χ2n) is 4.93. The van der Waals surface area contributed by atoms with E-state index in [1.807, 2.05) is 24.3 Å². The zero-order chi connectivity index (χ0) is 16.7. The number of rotatable bonds is 5. The first-order valence-corrected chi connectivity index (χ1v) is 7.56. The third-order valence-corrected chi connectivity index (χ3v) is 3.25. The lowest BCUT2D eigenvalue weighted by atomic mass is 10.1. The molecule has 120 valence electrons. The quantitative estimate of drug-likeness (QED) is 0.818.